The van der Waals surface area contributed by atoms with Crippen LogP contribution in [0.5, 0.6) is 5.75 Å². The first-order chi connectivity index (χ1) is 12.2. The Kier molecular flexibility index (Phi) is 4.55. The van der Waals surface area contributed by atoms with E-state index in [9.17, 15) is 4.79 Å². The molecule has 0 saturated heterocycles. The van der Waals surface area contributed by atoms with Crippen LogP contribution in [0.25, 0.3) is 0 Å². The maximum absolute atomic E-state index is 12.9. The maximum atomic E-state index is 12.9. The molecule has 0 aliphatic carbocycles. The molecular weight excluding hydrogens is 400 g/mol. The highest BCUT2D eigenvalue weighted by atomic mass is 79.9. The molecule has 0 unspecified atom stereocenters. The molecule has 1 aromatic heterocycles. The summed E-state index contributed by atoms with van der Waals surface area (Å²) in [6, 6.07) is 13.4. The molecule has 25 heavy (non-hydrogen) atoms. The van der Waals surface area contributed by atoms with E-state index >= 15 is 0 Å². The van der Waals surface area contributed by atoms with Crippen LogP contribution < -0.4 is 9.64 Å². The molecule has 2 aromatic carbocycles. The average Bonchev–Trinajstić information content (AvgIpc) is 3.29. The van der Waals surface area contributed by atoms with Crippen LogP contribution in [-0.2, 0) is 13.0 Å². The van der Waals surface area contributed by atoms with Crippen molar-refractivity contribution in [1.82, 2.24) is 4.98 Å². The number of thiazole rings is 1. The van der Waals surface area contributed by atoms with Crippen LogP contribution in [0.3, 0.4) is 0 Å². The Balaban J connectivity index is 1.52. The van der Waals surface area contributed by atoms with Crippen molar-refractivity contribution in [3.8, 4) is 5.75 Å². The number of ether oxygens (including phenoxy) is 1. The molecular formula is C19H15BrN2O2S. The van der Waals surface area contributed by atoms with Crippen LogP contribution in [-0.4, -0.2) is 17.4 Å². The summed E-state index contributed by atoms with van der Waals surface area (Å²) in [5.74, 6) is 0.675. The van der Waals surface area contributed by atoms with E-state index in [-0.39, 0.29) is 5.91 Å². The van der Waals surface area contributed by atoms with Gasteiger partial charge in [0.15, 0.2) is 0 Å². The number of amides is 1. The Morgan fingerprint density at radius 1 is 1.28 bits per heavy atom. The lowest BCUT2D eigenvalue weighted by Crippen LogP contribution is -2.28. The number of carbonyl (C=O) groups is 1. The topological polar surface area (TPSA) is 42.4 Å². The molecule has 2 heterocycles. The predicted octanol–water partition coefficient (Wildman–Crippen LogP) is 4.69. The molecule has 0 N–H and O–H groups in total. The number of hydrogen-bond donors (Lipinski definition) is 0. The summed E-state index contributed by atoms with van der Waals surface area (Å²) in [6.45, 7) is 1.11. The monoisotopic (exact) mass is 414 g/mol. The fourth-order valence-corrected chi connectivity index (χ4v) is 3.87. The second kappa shape index (κ2) is 6.98. The minimum absolute atomic E-state index is 0.000167. The minimum atomic E-state index is 0.000167. The van der Waals surface area contributed by atoms with Gasteiger partial charge in [0.05, 0.1) is 11.2 Å². The number of aromatic nitrogens is 1. The lowest BCUT2D eigenvalue weighted by atomic mass is 10.1. The zero-order valence-electron chi connectivity index (χ0n) is 13.3. The summed E-state index contributed by atoms with van der Waals surface area (Å²) in [4.78, 5) is 19.0. The van der Waals surface area contributed by atoms with Crippen LogP contribution in [0.15, 0.2) is 57.8 Å². The van der Waals surface area contributed by atoms with Gasteiger partial charge in [0.25, 0.3) is 5.91 Å². The SMILES string of the molecule is O=C(c1cccc(OCc2cscn2)c1)N1CCc2cc(Br)ccc21. The molecule has 0 radical (unpaired) electrons. The number of halogens is 1. The van der Waals surface area contributed by atoms with E-state index in [1.165, 1.54) is 16.9 Å². The Bertz CT molecular complexity index is 912. The van der Waals surface area contributed by atoms with Gasteiger partial charge in [-0.25, -0.2) is 4.98 Å². The van der Waals surface area contributed by atoms with E-state index in [2.05, 4.69) is 27.0 Å². The fourth-order valence-electron chi connectivity index (χ4n) is 2.92. The summed E-state index contributed by atoms with van der Waals surface area (Å²) in [5.41, 5.74) is 5.48. The molecule has 0 spiro atoms. The maximum Gasteiger partial charge on any atom is 0.258 e. The summed E-state index contributed by atoms with van der Waals surface area (Å²) in [7, 11) is 0. The van der Waals surface area contributed by atoms with Crippen LogP contribution in [0, 0.1) is 0 Å². The molecule has 0 fully saturated rings. The van der Waals surface area contributed by atoms with Crippen molar-refractivity contribution in [2.24, 2.45) is 0 Å². The Morgan fingerprint density at radius 2 is 2.20 bits per heavy atom. The van der Waals surface area contributed by atoms with Gasteiger partial charge in [-0.05, 0) is 48.4 Å². The van der Waals surface area contributed by atoms with E-state index in [0.29, 0.717) is 24.5 Å². The van der Waals surface area contributed by atoms with E-state index < -0.39 is 0 Å². The Morgan fingerprint density at radius 3 is 3.04 bits per heavy atom. The van der Waals surface area contributed by atoms with E-state index in [0.717, 1.165) is 22.3 Å². The Labute approximate surface area is 158 Å². The van der Waals surface area contributed by atoms with Crippen molar-refractivity contribution in [2.45, 2.75) is 13.0 Å². The third-order valence-electron chi connectivity index (χ3n) is 4.13. The second-order valence-electron chi connectivity index (χ2n) is 5.78. The van der Waals surface area contributed by atoms with Gasteiger partial charge in [-0.3, -0.25) is 4.79 Å². The molecule has 0 bridgehead atoms. The normalized spacial score (nSPS) is 12.9. The summed E-state index contributed by atoms with van der Waals surface area (Å²) >= 11 is 5.02. The van der Waals surface area contributed by atoms with Gasteiger partial charge in [0.1, 0.15) is 12.4 Å². The number of rotatable bonds is 4. The molecule has 3 aromatic rings. The van der Waals surface area contributed by atoms with E-state index in [4.69, 9.17) is 4.74 Å². The summed E-state index contributed by atoms with van der Waals surface area (Å²) in [5, 5.41) is 1.95. The number of carbonyl (C=O) groups excluding carboxylic acids is 1. The van der Waals surface area contributed by atoms with Gasteiger partial charge in [-0.1, -0.05) is 22.0 Å². The van der Waals surface area contributed by atoms with Crippen molar-refractivity contribution in [2.75, 3.05) is 11.4 Å². The third-order valence-corrected chi connectivity index (χ3v) is 5.26. The highest BCUT2D eigenvalue weighted by Gasteiger charge is 2.25. The number of fused-ring (bicyclic) bond motifs is 1. The molecule has 4 rings (SSSR count). The highest BCUT2D eigenvalue weighted by molar-refractivity contribution is 9.10. The molecule has 6 heteroatoms. The van der Waals surface area contributed by atoms with Crippen LogP contribution in [0.2, 0.25) is 0 Å². The van der Waals surface area contributed by atoms with Crippen LogP contribution >= 0.6 is 27.3 Å². The third kappa shape index (κ3) is 3.45. The lowest BCUT2D eigenvalue weighted by molar-refractivity contribution is 0.0989. The smallest absolute Gasteiger partial charge is 0.258 e. The lowest BCUT2D eigenvalue weighted by Gasteiger charge is -2.18. The zero-order valence-corrected chi connectivity index (χ0v) is 15.7. The van der Waals surface area contributed by atoms with Gasteiger partial charge < -0.3 is 9.64 Å². The van der Waals surface area contributed by atoms with Gasteiger partial charge in [-0.15, -0.1) is 11.3 Å². The number of hydrogen-bond acceptors (Lipinski definition) is 4. The number of nitrogens with zero attached hydrogens (tertiary/aromatic N) is 2. The standard InChI is InChI=1S/C19H15BrN2O2S/c20-15-4-5-18-13(8-15)6-7-22(18)19(23)14-2-1-3-17(9-14)24-10-16-11-25-12-21-16/h1-5,8-9,11-12H,6-7,10H2. The second-order valence-corrected chi connectivity index (χ2v) is 7.41. The molecule has 0 saturated carbocycles. The van der Waals surface area contributed by atoms with E-state index in [1.54, 1.807) is 11.6 Å². The van der Waals surface area contributed by atoms with Gasteiger partial charge >= 0.3 is 0 Å². The Hall–Kier alpha value is -2.18. The molecule has 1 aliphatic heterocycles. The van der Waals surface area contributed by atoms with Crippen molar-refractivity contribution in [3.63, 3.8) is 0 Å². The molecule has 126 valence electrons. The minimum Gasteiger partial charge on any atom is -0.487 e. The van der Waals surface area contributed by atoms with E-state index in [1.807, 2.05) is 40.6 Å². The van der Waals surface area contributed by atoms with Crippen molar-refractivity contribution in [1.29, 1.82) is 0 Å². The molecule has 1 aliphatic rings. The van der Waals surface area contributed by atoms with Gasteiger partial charge in [0, 0.05) is 27.6 Å². The van der Waals surface area contributed by atoms with Gasteiger partial charge in [-0.2, -0.15) is 0 Å². The average molecular weight is 415 g/mol. The molecule has 4 nitrogen and oxygen atoms in total. The van der Waals surface area contributed by atoms with Gasteiger partial charge in [0.2, 0.25) is 0 Å². The zero-order chi connectivity index (χ0) is 17.2. The fraction of sp³-hybridized carbons (Fsp3) is 0.158. The van der Waals surface area contributed by atoms with Crippen LogP contribution in [0.4, 0.5) is 5.69 Å². The molecule has 1 amide bonds. The number of anilines is 1. The largest absolute Gasteiger partial charge is 0.487 e. The molecule has 0 atom stereocenters. The summed E-state index contributed by atoms with van der Waals surface area (Å²) < 4.78 is 6.80. The van der Waals surface area contributed by atoms with Crippen molar-refractivity contribution in [3.05, 3.63) is 74.6 Å². The first kappa shape index (κ1) is 16.3. The number of benzene rings is 2. The summed E-state index contributed by atoms with van der Waals surface area (Å²) in [6.07, 6.45) is 0.876. The first-order valence-electron chi connectivity index (χ1n) is 7.91. The highest BCUT2D eigenvalue weighted by Crippen LogP contribution is 2.32. The first-order valence-corrected chi connectivity index (χ1v) is 9.64. The van der Waals surface area contributed by atoms with Crippen molar-refractivity contribution >= 4 is 38.9 Å². The van der Waals surface area contributed by atoms with Crippen molar-refractivity contribution < 1.29 is 9.53 Å². The van der Waals surface area contributed by atoms with Crippen LogP contribution in [0.1, 0.15) is 21.6 Å². The predicted molar refractivity (Wildman–Crippen MR) is 102 cm³/mol. The quantitative estimate of drug-likeness (QED) is 0.621.